The predicted octanol–water partition coefficient (Wildman–Crippen LogP) is 0.395. The average Bonchev–Trinajstić information content (AvgIpc) is 2.46. The first-order valence-electron chi connectivity index (χ1n) is 5.95. The van der Waals surface area contributed by atoms with Crippen LogP contribution in [0.3, 0.4) is 0 Å². The second-order valence-electron chi connectivity index (χ2n) is 4.32. The third kappa shape index (κ3) is 2.91. The van der Waals surface area contributed by atoms with Crippen molar-refractivity contribution in [2.24, 2.45) is 0 Å². The number of nitrogens with zero attached hydrogens (tertiary/aromatic N) is 1. The monoisotopic (exact) mass is 265 g/mol. The smallest absolute Gasteiger partial charge is 0.336 e. The lowest BCUT2D eigenvalue weighted by Gasteiger charge is -2.33. The van der Waals surface area contributed by atoms with E-state index >= 15 is 0 Å². The van der Waals surface area contributed by atoms with E-state index in [0.717, 1.165) is 5.69 Å². The molecule has 6 nitrogen and oxygen atoms in total. The van der Waals surface area contributed by atoms with Crippen molar-refractivity contribution in [1.82, 2.24) is 0 Å². The first kappa shape index (κ1) is 13.5. The van der Waals surface area contributed by atoms with Crippen LogP contribution in [-0.2, 0) is 4.74 Å². The SMILES string of the molecule is O=Cc1cc(N2CCO[C@@H](CO)C2)ccc1C(=O)O. The highest BCUT2D eigenvalue weighted by molar-refractivity contribution is 5.98. The summed E-state index contributed by atoms with van der Waals surface area (Å²) < 4.78 is 5.34. The minimum Gasteiger partial charge on any atom is -0.478 e. The van der Waals surface area contributed by atoms with Gasteiger partial charge in [-0.1, -0.05) is 0 Å². The van der Waals surface area contributed by atoms with E-state index in [9.17, 15) is 9.59 Å². The number of aliphatic hydroxyl groups is 1. The van der Waals surface area contributed by atoms with E-state index in [-0.39, 0.29) is 23.8 Å². The van der Waals surface area contributed by atoms with Gasteiger partial charge >= 0.3 is 5.97 Å². The zero-order chi connectivity index (χ0) is 13.8. The summed E-state index contributed by atoms with van der Waals surface area (Å²) in [6.45, 7) is 1.58. The molecule has 0 radical (unpaired) electrons. The fourth-order valence-electron chi connectivity index (χ4n) is 2.10. The lowest BCUT2D eigenvalue weighted by atomic mass is 10.1. The molecule has 1 aromatic carbocycles. The molecule has 2 rings (SSSR count). The minimum absolute atomic E-state index is 0.00859. The molecule has 1 aliphatic heterocycles. The Balaban J connectivity index is 2.25. The zero-order valence-corrected chi connectivity index (χ0v) is 10.3. The molecular formula is C13H15NO5. The van der Waals surface area contributed by atoms with Crippen molar-refractivity contribution in [3.8, 4) is 0 Å². The van der Waals surface area contributed by atoms with Crippen LogP contribution in [0.4, 0.5) is 5.69 Å². The first-order chi connectivity index (χ1) is 9.15. The number of aromatic carboxylic acids is 1. The molecular weight excluding hydrogens is 250 g/mol. The van der Waals surface area contributed by atoms with Crippen molar-refractivity contribution in [3.63, 3.8) is 0 Å². The number of aliphatic hydroxyl groups excluding tert-OH is 1. The quantitative estimate of drug-likeness (QED) is 0.766. The van der Waals surface area contributed by atoms with Gasteiger partial charge in [-0.2, -0.15) is 0 Å². The number of carboxylic acids is 1. The highest BCUT2D eigenvalue weighted by Gasteiger charge is 2.21. The number of benzene rings is 1. The number of carbonyl (C=O) groups excluding carboxylic acids is 1. The van der Waals surface area contributed by atoms with Crippen LogP contribution in [0.5, 0.6) is 0 Å². The summed E-state index contributed by atoms with van der Waals surface area (Å²) in [7, 11) is 0. The molecule has 1 heterocycles. The van der Waals surface area contributed by atoms with Crippen molar-refractivity contribution >= 4 is 17.9 Å². The van der Waals surface area contributed by atoms with E-state index in [0.29, 0.717) is 26.0 Å². The molecule has 0 aliphatic carbocycles. The molecule has 1 aromatic rings. The van der Waals surface area contributed by atoms with E-state index in [1.165, 1.54) is 6.07 Å². The van der Waals surface area contributed by atoms with Crippen LogP contribution in [0.15, 0.2) is 18.2 Å². The topological polar surface area (TPSA) is 87.1 Å². The van der Waals surface area contributed by atoms with Crippen molar-refractivity contribution < 1.29 is 24.5 Å². The van der Waals surface area contributed by atoms with Gasteiger partial charge in [0.1, 0.15) is 0 Å². The van der Waals surface area contributed by atoms with Gasteiger partial charge in [-0.05, 0) is 18.2 Å². The van der Waals surface area contributed by atoms with Gasteiger partial charge in [-0.3, -0.25) is 4.79 Å². The molecule has 0 saturated carbocycles. The third-order valence-corrected chi connectivity index (χ3v) is 3.10. The summed E-state index contributed by atoms with van der Waals surface area (Å²) in [4.78, 5) is 23.8. The standard InChI is InChI=1S/C13H15NO5/c15-7-9-5-10(1-2-12(9)13(17)18)14-3-4-19-11(6-14)8-16/h1-2,5,7,11,16H,3-4,6,8H2,(H,17,18)/t11-/m1/s1. The summed E-state index contributed by atoms with van der Waals surface area (Å²) in [5.74, 6) is -1.12. The second kappa shape index (κ2) is 5.81. The lowest BCUT2D eigenvalue weighted by Crippen LogP contribution is -2.44. The minimum atomic E-state index is -1.12. The molecule has 0 amide bonds. The number of rotatable bonds is 4. The Morgan fingerprint density at radius 2 is 2.32 bits per heavy atom. The van der Waals surface area contributed by atoms with E-state index in [4.69, 9.17) is 14.9 Å². The van der Waals surface area contributed by atoms with Gasteiger partial charge in [-0.15, -0.1) is 0 Å². The molecule has 0 spiro atoms. The lowest BCUT2D eigenvalue weighted by molar-refractivity contribution is 0.00356. The van der Waals surface area contributed by atoms with Gasteiger partial charge < -0.3 is 19.8 Å². The number of carboxylic acid groups (broad SMARTS) is 1. The Kier molecular flexibility index (Phi) is 4.13. The molecule has 1 saturated heterocycles. The molecule has 0 unspecified atom stereocenters. The molecule has 0 aromatic heterocycles. The predicted molar refractivity (Wildman–Crippen MR) is 67.8 cm³/mol. The molecule has 1 aliphatic rings. The second-order valence-corrected chi connectivity index (χ2v) is 4.32. The van der Waals surface area contributed by atoms with E-state index in [2.05, 4.69) is 0 Å². The van der Waals surface area contributed by atoms with Gasteiger partial charge in [0.2, 0.25) is 0 Å². The van der Waals surface area contributed by atoms with Crippen LogP contribution < -0.4 is 4.90 Å². The summed E-state index contributed by atoms with van der Waals surface area (Å²) >= 11 is 0. The number of hydrogen-bond acceptors (Lipinski definition) is 5. The Hall–Kier alpha value is -1.92. The van der Waals surface area contributed by atoms with Gasteiger partial charge in [0.25, 0.3) is 0 Å². The van der Waals surface area contributed by atoms with Gasteiger partial charge in [0.15, 0.2) is 6.29 Å². The van der Waals surface area contributed by atoms with E-state index in [1.807, 2.05) is 4.90 Å². The molecule has 102 valence electrons. The molecule has 19 heavy (non-hydrogen) atoms. The Labute approximate surface area is 110 Å². The van der Waals surface area contributed by atoms with Gasteiger partial charge in [0.05, 0.1) is 24.9 Å². The Bertz CT molecular complexity index is 488. The van der Waals surface area contributed by atoms with E-state index in [1.54, 1.807) is 12.1 Å². The maximum atomic E-state index is 10.9. The first-order valence-corrected chi connectivity index (χ1v) is 5.95. The van der Waals surface area contributed by atoms with Crippen LogP contribution in [0, 0.1) is 0 Å². The zero-order valence-electron chi connectivity index (χ0n) is 10.3. The average molecular weight is 265 g/mol. The van der Waals surface area contributed by atoms with Gasteiger partial charge in [-0.25, -0.2) is 4.79 Å². The van der Waals surface area contributed by atoms with Crippen molar-refractivity contribution in [1.29, 1.82) is 0 Å². The number of carbonyl (C=O) groups is 2. The highest BCUT2D eigenvalue weighted by Crippen LogP contribution is 2.21. The van der Waals surface area contributed by atoms with Crippen LogP contribution in [0.2, 0.25) is 0 Å². The third-order valence-electron chi connectivity index (χ3n) is 3.10. The Morgan fingerprint density at radius 3 is 2.95 bits per heavy atom. The maximum absolute atomic E-state index is 10.9. The number of aldehydes is 1. The molecule has 2 N–H and O–H groups in total. The van der Waals surface area contributed by atoms with Crippen LogP contribution in [0.1, 0.15) is 20.7 Å². The summed E-state index contributed by atoms with van der Waals surface area (Å²) in [5.41, 5.74) is 0.900. The largest absolute Gasteiger partial charge is 0.478 e. The fraction of sp³-hybridized carbons (Fsp3) is 0.385. The normalized spacial score (nSPS) is 19.2. The number of ether oxygens (including phenoxy) is 1. The van der Waals surface area contributed by atoms with Crippen molar-refractivity contribution in [2.45, 2.75) is 6.10 Å². The number of hydrogen-bond donors (Lipinski definition) is 2. The van der Waals surface area contributed by atoms with Gasteiger partial charge in [0, 0.05) is 24.3 Å². The molecule has 1 atom stereocenters. The summed E-state index contributed by atoms with van der Waals surface area (Å²) in [6.07, 6.45) is 0.282. The van der Waals surface area contributed by atoms with Crippen LogP contribution in [0.25, 0.3) is 0 Å². The van der Waals surface area contributed by atoms with E-state index < -0.39 is 5.97 Å². The molecule has 1 fully saturated rings. The Morgan fingerprint density at radius 1 is 1.53 bits per heavy atom. The summed E-state index contributed by atoms with van der Waals surface area (Å²) in [5, 5.41) is 18.0. The maximum Gasteiger partial charge on any atom is 0.336 e. The molecule has 0 bridgehead atoms. The van der Waals surface area contributed by atoms with Crippen molar-refractivity contribution in [2.75, 3.05) is 31.2 Å². The highest BCUT2D eigenvalue weighted by atomic mass is 16.5. The number of morpholine rings is 1. The van der Waals surface area contributed by atoms with Crippen LogP contribution >= 0.6 is 0 Å². The van der Waals surface area contributed by atoms with Crippen LogP contribution in [-0.4, -0.2) is 54.9 Å². The van der Waals surface area contributed by atoms with Crippen molar-refractivity contribution in [3.05, 3.63) is 29.3 Å². The molecule has 6 heteroatoms. The summed E-state index contributed by atoms with van der Waals surface area (Å²) in [6, 6.07) is 4.64. The fourth-order valence-corrected chi connectivity index (χ4v) is 2.10. The number of anilines is 1.